The van der Waals surface area contributed by atoms with E-state index in [0.717, 1.165) is 55.9 Å². The van der Waals surface area contributed by atoms with Crippen molar-refractivity contribution in [1.29, 1.82) is 10.5 Å². The highest BCUT2D eigenvalue weighted by Gasteiger charge is 2.34. The Bertz CT molecular complexity index is 1110. The van der Waals surface area contributed by atoms with Crippen LogP contribution in [0.3, 0.4) is 0 Å². The van der Waals surface area contributed by atoms with Crippen LogP contribution in [0.4, 0.5) is 0 Å². The minimum Gasteiger partial charge on any atom is -0.494 e. The number of hydrogen-bond donors (Lipinski definition) is 1. The van der Waals surface area contributed by atoms with Crippen LogP contribution in [0.2, 0.25) is 0 Å². The molecule has 2 aromatic rings. The molecule has 2 N–H and O–H groups in total. The van der Waals surface area contributed by atoms with E-state index < -0.39 is 0 Å². The monoisotopic (exact) mass is 418 g/mol. The summed E-state index contributed by atoms with van der Waals surface area (Å²) in [6.07, 6.45) is 9.38. The average molecular weight is 419 g/mol. The maximum absolute atomic E-state index is 9.30. The Kier molecular flexibility index (Phi) is 5.79. The molecule has 9 nitrogen and oxygen atoms in total. The Morgan fingerprint density at radius 2 is 2.16 bits per heavy atom. The predicted octanol–water partition coefficient (Wildman–Crippen LogP) is 1.60. The van der Waals surface area contributed by atoms with Crippen LogP contribution in [0, 0.1) is 22.8 Å². The van der Waals surface area contributed by atoms with Crippen LogP contribution >= 0.6 is 0 Å². The van der Waals surface area contributed by atoms with Gasteiger partial charge in [0.25, 0.3) is 0 Å². The minimum atomic E-state index is 0.216. The molecule has 0 saturated carbocycles. The fraction of sp³-hybridized carbons (Fsp3) is 0.455. The molecule has 0 aliphatic carbocycles. The maximum Gasteiger partial charge on any atom is 0.179 e. The number of allylic oxidation sites excluding steroid dienone is 1. The summed E-state index contributed by atoms with van der Waals surface area (Å²) in [5.41, 5.74) is 9.55. The van der Waals surface area contributed by atoms with Gasteiger partial charge in [-0.3, -0.25) is 9.89 Å². The molecule has 4 rings (SSSR count). The lowest BCUT2D eigenvalue weighted by atomic mass is 9.98. The molecule has 31 heavy (non-hydrogen) atoms. The topological polar surface area (TPSA) is 119 Å². The van der Waals surface area contributed by atoms with Crippen LogP contribution in [0.5, 0.6) is 5.75 Å². The zero-order valence-corrected chi connectivity index (χ0v) is 17.8. The van der Waals surface area contributed by atoms with E-state index in [4.69, 9.17) is 20.7 Å². The summed E-state index contributed by atoms with van der Waals surface area (Å²) in [6, 6.07) is 4.65. The van der Waals surface area contributed by atoms with Crippen molar-refractivity contribution in [2.75, 3.05) is 33.3 Å². The van der Waals surface area contributed by atoms with Gasteiger partial charge in [-0.05, 0) is 25.8 Å². The molecule has 2 saturated heterocycles. The number of aliphatic imine (C=N–C) groups is 1. The Hall–Kier alpha value is -3.56. The molecule has 0 bridgehead atoms. The smallest absolute Gasteiger partial charge is 0.179 e. The van der Waals surface area contributed by atoms with Gasteiger partial charge in [0.15, 0.2) is 6.19 Å². The van der Waals surface area contributed by atoms with Crippen molar-refractivity contribution in [3.05, 3.63) is 35.8 Å². The van der Waals surface area contributed by atoms with E-state index >= 15 is 0 Å². The Balaban J connectivity index is 1.49. The van der Waals surface area contributed by atoms with Crippen LogP contribution in [-0.4, -0.2) is 70.5 Å². The lowest BCUT2D eigenvalue weighted by Crippen LogP contribution is -2.58. The fourth-order valence-electron chi connectivity index (χ4n) is 4.45. The number of rotatable bonds is 5. The second-order valence-corrected chi connectivity index (χ2v) is 8.01. The number of nitrogens with two attached hydrogens (primary N) is 1. The van der Waals surface area contributed by atoms with E-state index in [1.165, 1.54) is 6.20 Å². The Morgan fingerprint density at radius 3 is 2.84 bits per heavy atom. The number of ether oxygens (including phenoxy) is 1. The molecule has 0 radical (unpaired) electrons. The molecule has 1 unspecified atom stereocenters. The SMILES string of the molecule is COc1cc(/C(=C/N)C(C)=NC2CN(C3CCCN(C#N)C3)C2)cn2ncc(C#N)c12. The molecule has 2 aliphatic rings. The van der Waals surface area contributed by atoms with Crippen molar-refractivity contribution in [3.63, 3.8) is 0 Å². The summed E-state index contributed by atoms with van der Waals surface area (Å²) in [4.78, 5) is 9.16. The van der Waals surface area contributed by atoms with Crippen molar-refractivity contribution in [2.45, 2.75) is 31.8 Å². The van der Waals surface area contributed by atoms with Crippen molar-refractivity contribution < 1.29 is 4.74 Å². The first-order chi connectivity index (χ1) is 15.1. The van der Waals surface area contributed by atoms with Gasteiger partial charge in [0.05, 0.1) is 19.3 Å². The third-order valence-corrected chi connectivity index (χ3v) is 6.11. The number of piperidine rings is 1. The van der Waals surface area contributed by atoms with Crippen LogP contribution in [0.1, 0.15) is 30.9 Å². The van der Waals surface area contributed by atoms with Gasteiger partial charge in [-0.25, -0.2) is 4.52 Å². The fourth-order valence-corrected chi connectivity index (χ4v) is 4.45. The van der Waals surface area contributed by atoms with Gasteiger partial charge in [0, 0.05) is 61.5 Å². The average Bonchev–Trinajstić information content (AvgIpc) is 3.19. The number of aromatic nitrogens is 2. The molecule has 9 heteroatoms. The van der Waals surface area contributed by atoms with Gasteiger partial charge >= 0.3 is 0 Å². The lowest BCUT2D eigenvalue weighted by molar-refractivity contribution is 0.0568. The molecule has 4 heterocycles. The van der Waals surface area contributed by atoms with E-state index in [2.05, 4.69) is 22.3 Å². The molecule has 2 fully saturated rings. The molecule has 0 amide bonds. The highest BCUT2D eigenvalue weighted by atomic mass is 16.5. The number of methoxy groups -OCH3 is 1. The van der Waals surface area contributed by atoms with E-state index in [1.54, 1.807) is 17.8 Å². The van der Waals surface area contributed by atoms with Gasteiger partial charge in [-0.15, -0.1) is 0 Å². The highest BCUT2D eigenvalue weighted by molar-refractivity contribution is 6.22. The lowest BCUT2D eigenvalue weighted by Gasteiger charge is -2.45. The standard InChI is InChI=1S/C22H26N8O/c1-15(27-18-11-29(12-18)19-4-3-5-28(13-19)14-25)20(8-24)16-6-21(31-2)22-17(7-23)9-26-30(22)10-16/h6,8-10,18-19H,3-5,11-13,24H2,1-2H3/b20-8+,27-15?. The van der Waals surface area contributed by atoms with Crippen molar-refractivity contribution >= 4 is 16.8 Å². The van der Waals surface area contributed by atoms with Gasteiger partial charge in [-0.1, -0.05) is 0 Å². The van der Waals surface area contributed by atoms with E-state index in [-0.39, 0.29) is 6.04 Å². The first-order valence-corrected chi connectivity index (χ1v) is 10.4. The van der Waals surface area contributed by atoms with E-state index in [9.17, 15) is 5.26 Å². The zero-order valence-electron chi connectivity index (χ0n) is 17.8. The maximum atomic E-state index is 9.30. The zero-order chi connectivity index (χ0) is 22.0. The third kappa shape index (κ3) is 3.92. The molecule has 0 spiro atoms. The third-order valence-electron chi connectivity index (χ3n) is 6.11. The summed E-state index contributed by atoms with van der Waals surface area (Å²) in [5.74, 6) is 0.563. The molecule has 0 aromatic carbocycles. The molecular weight excluding hydrogens is 392 g/mol. The number of pyridine rings is 1. The van der Waals surface area contributed by atoms with Gasteiger partial charge in [-0.2, -0.15) is 15.6 Å². The second-order valence-electron chi connectivity index (χ2n) is 8.01. The summed E-state index contributed by atoms with van der Waals surface area (Å²) in [5, 5.41) is 22.7. The van der Waals surface area contributed by atoms with Crippen molar-refractivity contribution in [3.8, 4) is 18.0 Å². The summed E-state index contributed by atoms with van der Waals surface area (Å²) >= 11 is 0. The normalized spacial score (nSPS) is 20.9. The molecule has 1 atom stereocenters. The van der Waals surface area contributed by atoms with Crippen LogP contribution in [0.25, 0.3) is 11.1 Å². The molecule has 160 valence electrons. The van der Waals surface area contributed by atoms with Crippen LogP contribution < -0.4 is 10.5 Å². The first-order valence-electron chi connectivity index (χ1n) is 10.4. The Labute approximate surface area is 181 Å². The largest absolute Gasteiger partial charge is 0.494 e. The summed E-state index contributed by atoms with van der Waals surface area (Å²) in [6.45, 7) is 5.43. The highest BCUT2D eigenvalue weighted by Crippen LogP contribution is 2.29. The Morgan fingerprint density at radius 1 is 1.35 bits per heavy atom. The van der Waals surface area contributed by atoms with Crippen LogP contribution in [0.15, 0.2) is 29.7 Å². The van der Waals surface area contributed by atoms with Gasteiger partial charge < -0.3 is 15.4 Å². The number of likely N-dealkylation sites (tertiary alicyclic amines) is 2. The quantitative estimate of drug-likeness (QED) is 0.579. The number of nitriles is 2. The predicted molar refractivity (Wildman–Crippen MR) is 117 cm³/mol. The number of nitrogens with zero attached hydrogens (tertiary/aromatic N) is 7. The van der Waals surface area contributed by atoms with Gasteiger partial charge in [0.2, 0.25) is 0 Å². The number of hydrogen-bond acceptors (Lipinski definition) is 8. The van der Waals surface area contributed by atoms with Crippen molar-refractivity contribution in [2.24, 2.45) is 10.7 Å². The summed E-state index contributed by atoms with van der Waals surface area (Å²) < 4.78 is 7.14. The first kappa shape index (κ1) is 20.7. The molecular formula is C22H26N8O. The molecule has 2 aliphatic heterocycles. The van der Waals surface area contributed by atoms with E-state index in [1.807, 2.05) is 24.1 Å². The van der Waals surface area contributed by atoms with Gasteiger partial charge in [0.1, 0.15) is 22.9 Å². The minimum absolute atomic E-state index is 0.216. The summed E-state index contributed by atoms with van der Waals surface area (Å²) in [7, 11) is 1.57. The number of fused-ring (bicyclic) bond motifs is 1. The van der Waals surface area contributed by atoms with Crippen molar-refractivity contribution in [1.82, 2.24) is 19.4 Å². The second kappa shape index (κ2) is 8.66. The molecule has 2 aromatic heterocycles. The van der Waals surface area contributed by atoms with Crippen LogP contribution in [-0.2, 0) is 0 Å². The van der Waals surface area contributed by atoms with E-state index in [0.29, 0.717) is 22.9 Å².